The molecule has 0 spiro atoms. The molecule has 0 aromatic carbocycles. The maximum atomic E-state index is 9.95. The first-order valence-corrected chi connectivity index (χ1v) is 4.91. The number of hydrogen-bond acceptors (Lipinski definition) is 5. The van der Waals surface area contributed by atoms with Gasteiger partial charge in [-0.2, -0.15) is 5.10 Å². The largest absolute Gasteiger partial charge is 0.383 e. The monoisotopic (exact) mass is 210 g/mol. The molecule has 1 atom stereocenters. The van der Waals surface area contributed by atoms with Gasteiger partial charge in [-0.1, -0.05) is 4.49 Å². The van der Waals surface area contributed by atoms with Gasteiger partial charge < -0.3 is 5.11 Å². The Hall–Kier alpha value is -1.27. The van der Waals surface area contributed by atoms with Crippen LogP contribution in [0.3, 0.4) is 0 Å². The molecule has 74 valence electrons. The second-order valence-corrected chi connectivity index (χ2v) is 3.86. The predicted molar refractivity (Wildman–Crippen MR) is 51.9 cm³/mol. The summed E-state index contributed by atoms with van der Waals surface area (Å²) in [6, 6.07) is 0. The Morgan fingerprint density at radius 1 is 1.57 bits per heavy atom. The predicted octanol–water partition coefficient (Wildman–Crippen LogP) is 0.662. The topological polar surface area (TPSA) is 63.8 Å². The molecule has 5 nitrogen and oxygen atoms in total. The number of aromatic nitrogens is 4. The van der Waals surface area contributed by atoms with E-state index in [1.807, 2.05) is 14.0 Å². The van der Waals surface area contributed by atoms with E-state index in [2.05, 4.69) is 14.7 Å². The van der Waals surface area contributed by atoms with Gasteiger partial charge in [-0.3, -0.25) is 4.68 Å². The summed E-state index contributed by atoms with van der Waals surface area (Å²) >= 11 is 1.21. The summed E-state index contributed by atoms with van der Waals surface area (Å²) in [6.07, 6.45) is 2.76. The lowest BCUT2D eigenvalue weighted by Crippen LogP contribution is -1.97. The molecule has 2 aromatic heterocycles. The van der Waals surface area contributed by atoms with Crippen LogP contribution in [-0.4, -0.2) is 24.5 Å². The van der Waals surface area contributed by atoms with E-state index in [9.17, 15) is 5.11 Å². The van der Waals surface area contributed by atoms with E-state index in [0.717, 1.165) is 16.1 Å². The Morgan fingerprint density at radius 3 is 2.86 bits per heavy atom. The lowest BCUT2D eigenvalue weighted by molar-refractivity contribution is 0.223. The third-order valence-corrected chi connectivity index (χ3v) is 2.85. The first kappa shape index (κ1) is 9.29. The number of hydrogen-bond donors (Lipinski definition) is 1. The average Bonchev–Trinajstić information content (AvgIpc) is 2.73. The van der Waals surface area contributed by atoms with Crippen LogP contribution in [0, 0.1) is 6.92 Å². The molecule has 1 N–H and O–H groups in total. The van der Waals surface area contributed by atoms with Crippen LogP contribution in [-0.2, 0) is 7.05 Å². The van der Waals surface area contributed by atoms with Crippen molar-refractivity contribution in [2.75, 3.05) is 0 Å². The van der Waals surface area contributed by atoms with Gasteiger partial charge in [0.2, 0.25) is 0 Å². The highest BCUT2D eigenvalue weighted by Crippen LogP contribution is 2.25. The first-order chi connectivity index (χ1) is 6.68. The number of nitrogens with zero attached hydrogens (tertiary/aromatic N) is 4. The molecule has 6 heteroatoms. The summed E-state index contributed by atoms with van der Waals surface area (Å²) in [7, 11) is 1.81. The van der Waals surface area contributed by atoms with E-state index in [1.54, 1.807) is 17.1 Å². The standard InChI is InChI=1S/C8H10N4OS/c1-5-8(14-11-10-5)7(13)6-3-9-12(2)4-6/h3-4,7,13H,1-2H3. The maximum Gasteiger partial charge on any atom is 0.120 e. The molecule has 0 aliphatic carbocycles. The Bertz CT molecular complexity index is 436. The summed E-state index contributed by atoms with van der Waals surface area (Å²) in [5, 5.41) is 17.8. The summed E-state index contributed by atoms with van der Waals surface area (Å²) < 4.78 is 5.43. The van der Waals surface area contributed by atoms with Crippen LogP contribution in [0.25, 0.3) is 0 Å². The van der Waals surface area contributed by atoms with Gasteiger partial charge in [0, 0.05) is 18.8 Å². The summed E-state index contributed by atoms with van der Waals surface area (Å²) in [4.78, 5) is 0.776. The summed E-state index contributed by atoms with van der Waals surface area (Å²) in [6.45, 7) is 1.83. The number of rotatable bonds is 2. The minimum absolute atomic E-state index is 0.663. The van der Waals surface area contributed by atoms with Crippen LogP contribution in [0.5, 0.6) is 0 Å². The quantitative estimate of drug-likeness (QED) is 0.791. The highest BCUT2D eigenvalue weighted by atomic mass is 32.1. The Balaban J connectivity index is 2.33. The molecule has 0 radical (unpaired) electrons. The van der Waals surface area contributed by atoms with Crippen molar-refractivity contribution in [3.63, 3.8) is 0 Å². The van der Waals surface area contributed by atoms with Gasteiger partial charge in [-0.25, -0.2) is 0 Å². The van der Waals surface area contributed by atoms with Crippen LogP contribution >= 0.6 is 11.5 Å². The van der Waals surface area contributed by atoms with Gasteiger partial charge in [0.15, 0.2) is 0 Å². The fraction of sp³-hybridized carbons (Fsp3) is 0.375. The van der Waals surface area contributed by atoms with Crippen LogP contribution in [0.2, 0.25) is 0 Å². The van der Waals surface area contributed by atoms with E-state index < -0.39 is 6.10 Å². The van der Waals surface area contributed by atoms with E-state index in [-0.39, 0.29) is 0 Å². The minimum Gasteiger partial charge on any atom is -0.383 e. The molecule has 2 rings (SSSR count). The zero-order valence-corrected chi connectivity index (χ0v) is 8.69. The van der Waals surface area contributed by atoms with Crippen LogP contribution < -0.4 is 0 Å². The Labute approximate surface area is 85.2 Å². The SMILES string of the molecule is Cc1nnsc1C(O)c1cnn(C)c1. The fourth-order valence-corrected chi connectivity index (χ4v) is 1.88. The minimum atomic E-state index is -0.663. The second-order valence-electron chi connectivity index (χ2n) is 3.07. The van der Waals surface area contributed by atoms with Crippen molar-refractivity contribution < 1.29 is 5.11 Å². The second kappa shape index (κ2) is 3.47. The highest BCUT2D eigenvalue weighted by Gasteiger charge is 2.17. The number of aliphatic hydroxyl groups excluding tert-OH is 1. The molecule has 2 heterocycles. The maximum absolute atomic E-state index is 9.95. The molecular formula is C8H10N4OS. The molecule has 0 aliphatic rings. The summed E-state index contributed by atoms with van der Waals surface area (Å²) in [5.74, 6) is 0. The van der Waals surface area contributed by atoms with Crippen molar-refractivity contribution in [3.05, 3.63) is 28.5 Å². The molecule has 14 heavy (non-hydrogen) atoms. The molecule has 0 saturated heterocycles. The zero-order valence-electron chi connectivity index (χ0n) is 7.88. The molecule has 0 saturated carbocycles. The van der Waals surface area contributed by atoms with Crippen molar-refractivity contribution >= 4 is 11.5 Å². The molecule has 1 unspecified atom stereocenters. The van der Waals surface area contributed by atoms with Crippen molar-refractivity contribution in [2.24, 2.45) is 7.05 Å². The fourth-order valence-electron chi connectivity index (χ4n) is 1.22. The smallest absolute Gasteiger partial charge is 0.120 e. The Kier molecular flexibility index (Phi) is 2.30. The average molecular weight is 210 g/mol. The Morgan fingerprint density at radius 2 is 2.36 bits per heavy atom. The molecule has 0 bridgehead atoms. The molecule has 0 amide bonds. The molecule has 2 aromatic rings. The number of aliphatic hydroxyl groups is 1. The van der Waals surface area contributed by atoms with Crippen LogP contribution in [0.4, 0.5) is 0 Å². The van der Waals surface area contributed by atoms with Crippen molar-refractivity contribution in [2.45, 2.75) is 13.0 Å². The lowest BCUT2D eigenvalue weighted by Gasteiger charge is -2.04. The van der Waals surface area contributed by atoms with Gasteiger partial charge in [0.25, 0.3) is 0 Å². The lowest BCUT2D eigenvalue weighted by atomic mass is 10.1. The van der Waals surface area contributed by atoms with Gasteiger partial charge in [0.1, 0.15) is 6.10 Å². The van der Waals surface area contributed by atoms with Crippen LogP contribution in [0.1, 0.15) is 22.2 Å². The van der Waals surface area contributed by atoms with Gasteiger partial charge in [-0.05, 0) is 18.5 Å². The normalized spacial score (nSPS) is 13.1. The van der Waals surface area contributed by atoms with Gasteiger partial charge in [-0.15, -0.1) is 5.10 Å². The van der Waals surface area contributed by atoms with Gasteiger partial charge in [0.05, 0.1) is 16.8 Å². The third kappa shape index (κ3) is 1.53. The molecule has 0 aliphatic heterocycles. The van der Waals surface area contributed by atoms with Gasteiger partial charge >= 0.3 is 0 Å². The highest BCUT2D eigenvalue weighted by molar-refractivity contribution is 7.05. The van der Waals surface area contributed by atoms with E-state index in [0.29, 0.717) is 0 Å². The number of aryl methyl sites for hydroxylation is 2. The summed E-state index contributed by atoms with van der Waals surface area (Å²) in [5.41, 5.74) is 1.54. The van der Waals surface area contributed by atoms with E-state index >= 15 is 0 Å². The van der Waals surface area contributed by atoms with Crippen LogP contribution in [0.15, 0.2) is 12.4 Å². The van der Waals surface area contributed by atoms with Crippen molar-refractivity contribution in [3.8, 4) is 0 Å². The van der Waals surface area contributed by atoms with Crippen molar-refractivity contribution in [1.29, 1.82) is 0 Å². The molecular weight excluding hydrogens is 200 g/mol. The third-order valence-electron chi connectivity index (χ3n) is 1.98. The first-order valence-electron chi connectivity index (χ1n) is 4.14. The van der Waals surface area contributed by atoms with E-state index in [4.69, 9.17) is 0 Å². The zero-order chi connectivity index (χ0) is 10.1. The molecule has 0 fully saturated rings. The van der Waals surface area contributed by atoms with E-state index in [1.165, 1.54) is 11.5 Å². The van der Waals surface area contributed by atoms with Crippen molar-refractivity contribution in [1.82, 2.24) is 19.4 Å².